The first-order valence-corrected chi connectivity index (χ1v) is 5.87. The van der Waals surface area contributed by atoms with Gasteiger partial charge in [0.15, 0.2) is 5.82 Å². The van der Waals surface area contributed by atoms with Gasteiger partial charge in [0.1, 0.15) is 6.10 Å². The summed E-state index contributed by atoms with van der Waals surface area (Å²) < 4.78 is 19.4. The summed E-state index contributed by atoms with van der Waals surface area (Å²) in [5.74, 6) is -0.425. The van der Waals surface area contributed by atoms with Gasteiger partial charge in [0, 0.05) is 18.3 Å². The molecular formula is C12H17FN2O2. The van der Waals surface area contributed by atoms with Gasteiger partial charge in [0.05, 0.1) is 6.61 Å². The Morgan fingerprint density at radius 3 is 3.24 bits per heavy atom. The van der Waals surface area contributed by atoms with Crippen LogP contribution in [0.2, 0.25) is 0 Å². The number of nitrogens with one attached hydrogen (secondary N) is 1. The Balaban J connectivity index is 2.27. The van der Waals surface area contributed by atoms with Crippen molar-refractivity contribution in [2.45, 2.75) is 32.4 Å². The monoisotopic (exact) mass is 240 g/mol. The summed E-state index contributed by atoms with van der Waals surface area (Å²) >= 11 is 0. The number of pyridine rings is 1. The van der Waals surface area contributed by atoms with Gasteiger partial charge in [-0.05, 0) is 31.9 Å². The van der Waals surface area contributed by atoms with Crippen molar-refractivity contribution < 1.29 is 14.2 Å². The van der Waals surface area contributed by atoms with Gasteiger partial charge in [-0.25, -0.2) is 9.37 Å². The summed E-state index contributed by atoms with van der Waals surface area (Å²) in [6.45, 7) is 2.91. The number of fused-ring (bicyclic) bond motifs is 1. The third-order valence-corrected chi connectivity index (χ3v) is 2.85. The molecule has 0 saturated heterocycles. The summed E-state index contributed by atoms with van der Waals surface area (Å²) in [5.41, 5.74) is 1.58. The molecule has 2 N–H and O–H groups in total. The smallest absolute Gasteiger partial charge is 0.251 e. The standard InChI is InChI=1S/C12H17FN2O2/c1-8(7-16)17-12-11(13)10-6-14-4-2-3-9(10)5-15-12/h5,8,14,16H,2-4,6-7H2,1H3/t8-/m0/s1. The van der Waals surface area contributed by atoms with E-state index < -0.39 is 11.9 Å². The first-order chi connectivity index (χ1) is 8.22. The lowest BCUT2D eigenvalue weighted by atomic mass is 10.1. The zero-order valence-electron chi connectivity index (χ0n) is 9.87. The molecule has 1 aromatic heterocycles. The molecule has 0 aliphatic carbocycles. The molecule has 5 heteroatoms. The number of hydrogen-bond acceptors (Lipinski definition) is 4. The number of rotatable bonds is 3. The zero-order chi connectivity index (χ0) is 12.3. The molecule has 2 rings (SSSR count). The number of aliphatic hydroxyl groups excluding tert-OH is 1. The molecule has 17 heavy (non-hydrogen) atoms. The molecule has 0 bridgehead atoms. The largest absolute Gasteiger partial charge is 0.470 e. The molecule has 0 fully saturated rings. The molecule has 0 spiro atoms. The third kappa shape index (κ3) is 2.73. The van der Waals surface area contributed by atoms with E-state index in [0.717, 1.165) is 24.9 Å². The van der Waals surface area contributed by atoms with Crippen LogP contribution in [0.15, 0.2) is 6.20 Å². The highest BCUT2D eigenvalue weighted by atomic mass is 19.1. The van der Waals surface area contributed by atoms with E-state index in [-0.39, 0.29) is 12.5 Å². The van der Waals surface area contributed by atoms with E-state index >= 15 is 0 Å². The van der Waals surface area contributed by atoms with Gasteiger partial charge in [-0.15, -0.1) is 0 Å². The summed E-state index contributed by atoms with van der Waals surface area (Å²) in [7, 11) is 0. The summed E-state index contributed by atoms with van der Waals surface area (Å²) in [4.78, 5) is 3.99. The molecule has 4 nitrogen and oxygen atoms in total. The number of ether oxygens (including phenoxy) is 1. The second kappa shape index (κ2) is 5.42. The first kappa shape index (κ1) is 12.3. The fourth-order valence-electron chi connectivity index (χ4n) is 1.87. The van der Waals surface area contributed by atoms with Crippen LogP contribution in [-0.4, -0.2) is 29.3 Å². The lowest BCUT2D eigenvalue weighted by molar-refractivity contribution is 0.120. The van der Waals surface area contributed by atoms with E-state index in [2.05, 4.69) is 10.3 Å². The maximum absolute atomic E-state index is 14.1. The van der Waals surface area contributed by atoms with Crippen molar-refractivity contribution in [3.05, 3.63) is 23.1 Å². The fourth-order valence-corrected chi connectivity index (χ4v) is 1.87. The van der Waals surface area contributed by atoms with Crippen LogP contribution in [0.4, 0.5) is 4.39 Å². The van der Waals surface area contributed by atoms with E-state index in [9.17, 15) is 4.39 Å². The Kier molecular flexibility index (Phi) is 3.91. The molecule has 94 valence electrons. The molecule has 0 unspecified atom stereocenters. The van der Waals surface area contributed by atoms with E-state index in [1.165, 1.54) is 0 Å². The SMILES string of the molecule is C[C@@H](CO)Oc1ncc2c(c1F)CNCCC2. The second-order valence-corrected chi connectivity index (χ2v) is 4.27. The molecule has 0 saturated carbocycles. The van der Waals surface area contributed by atoms with Crippen LogP contribution in [0.1, 0.15) is 24.5 Å². The lowest BCUT2D eigenvalue weighted by Gasteiger charge is -2.14. The number of aliphatic hydroxyl groups is 1. The molecule has 1 atom stereocenters. The number of aryl methyl sites for hydroxylation is 1. The van der Waals surface area contributed by atoms with E-state index in [1.807, 2.05) is 0 Å². The molecule has 1 aromatic rings. The highest BCUT2D eigenvalue weighted by Crippen LogP contribution is 2.24. The Bertz CT molecular complexity index is 398. The van der Waals surface area contributed by atoms with E-state index in [4.69, 9.17) is 9.84 Å². The number of hydrogen-bond donors (Lipinski definition) is 2. The highest BCUT2D eigenvalue weighted by molar-refractivity contribution is 5.32. The van der Waals surface area contributed by atoms with Crippen LogP contribution in [0.3, 0.4) is 0 Å². The fraction of sp³-hybridized carbons (Fsp3) is 0.583. The minimum absolute atomic E-state index is 0.0194. The van der Waals surface area contributed by atoms with Crippen molar-refractivity contribution in [1.82, 2.24) is 10.3 Å². The van der Waals surface area contributed by atoms with Crippen molar-refractivity contribution >= 4 is 0 Å². The molecular weight excluding hydrogens is 223 g/mol. The number of halogens is 1. The van der Waals surface area contributed by atoms with Crippen LogP contribution < -0.4 is 10.1 Å². The van der Waals surface area contributed by atoms with Crippen LogP contribution in [-0.2, 0) is 13.0 Å². The predicted octanol–water partition coefficient (Wildman–Crippen LogP) is 1.02. The quantitative estimate of drug-likeness (QED) is 0.828. The van der Waals surface area contributed by atoms with Gasteiger partial charge in [0.2, 0.25) is 0 Å². The Morgan fingerprint density at radius 1 is 1.65 bits per heavy atom. The van der Waals surface area contributed by atoms with Crippen LogP contribution in [0, 0.1) is 5.82 Å². The maximum atomic E-state index is 14.1. The number of nitrogens with zero attached hydrogens (tertiary/aromatic N) is 1. The topological polar surface area (TPSA) is 54.4 Å². The normalized spacial score (nSPS) is 17.1. The van der Waals surface area contributed by atoms with Gasteiger partial charge in [-0.2, -0.15) is 0 Å². The number of aromatic nitrogens is 1. The molecule has 0 radical (unpaired) electrons. The zero-order valence-corrected chi connectivity index (χ0v) is 9.87. The summed E-state index contributed by atoms with van der Waals surface area (Å²) in [6.07, 6.45) is 3.04. The Hall–Kier alpha value is -1.20. The van der Waals surface area contributed by atoms with Crippen LogP contribution in [0.25, 0.3) is 0 Å². The average molecular weight is 240 g/mol. The van der Waals surface area contributed by atoms with Crippen molar-refractivity contribution in [2.24, 2.45) is 0 Å². The van der Waals surface area contributed by atoms with E-state index in [0.29, 0.717) is 12.1 Å². The van der Waals surface area contributed by atoms with E-state index in [1.54, 1.807) is 13.1 Å². The molecule has 0 aromatic carbocycles. The highest BCUT2D eigenvalue weighted by Gasteiger charge is 2.18. The van der Waals surface area contributed by atoms with Gasteiger partial charge >= 0.3 is 0 Å². The van der Waals surface area contributed by atoms with Crippen molar-refractivity contribution in [2.75, 3.05) is 13.2 Å². The molecule has 1 aliphatic rings. The van der Waals surface area contributed by atoms with Gasteiger partial charge < -0.3 is 15.2 Å². The Labute approximate surface area is 99.8 Å². The minimum Gasteiger partial charge on any atom is -0.470 e. The maximum Gasteiger partial charge on any atom is 0.251 e. The lowest BCUT2D eigenvalue weighted by Crippen LogP contribution is -2.19. The van der Waals surface area contributed by atoms with Gasteiger partial charge in [-0.1, -0.05) is 0 Å². The molecule has 0 amide bonds. The van der Waals surface area contributed by atoms with Gasteiger partial charge in [0.25, 0.3) is 5.88 Å². The third-order valence-electron chi connectivity index (χ3n) is 2.85. The van der Waals surface area contributed by atoms with Crippen LogP contribution in [0.5, 0.6) is 5.88 Å². The van der Waals surface area contributed by atoms with Gasteiger partial charge in [-0.3, -0.25) is 0 Å². The predicted molar refractivity (Wildman–Crippen MR) is 61.4 cm³/mol. The van der Waals surface area contributed by atoms with Crippen molar-refractivity contribution in [3.63, 3.8) is 0 Å². The van der Waals surface area contributed by atoms with Crippen molar-refractivity contribution in [1.29, 1.82) is 0 Å². The minimum atomic E-state index is -0.450. The Morgan fingerprint density at radius 2 is 2.47 bits per heavy atom. The summed E-state index contributed by atoms with van der Waals surface area (Å²) in [6, 6.07) is 0. The van der Waals surface area contributed by atoms with Crippen molar-refractivity contribution in [3.8, 4) is 5.88 Å². The first-order valence-electron chi connectivity index (χ1n) is 5.87. The summed E-state index contributed by atoms with van der Waals surface area (Å²) in [5, 5.41) is 12.0. The molecule has 2 heterocycles. The average Bonchev–Trinajstić information content (AvgIpc) is 2.58. The van der Waals surface area contributed by atoms with Crippen LogP contribution >= 0.6 is 0 Å². The molecule has 1 aliphatic heterocycles. The second-order valence-electron chi connectivity index (χ2n) is 4.27.